The number of carbonyl (C=O) groups is 1. The second kappa shape index (κ2) is 8.78. The van der Waals surface area contributed by atoms with E-state index in [1.54, 1.807) is 0 Å². The maximum absolute atomic E-state index is 13.0. The summed E-state index contributed by atoms with van der Waals surface area (Å²) >= 11 is 0. The van der Waals surface area contributed by atoms with Gasteiger partial charge >= 0.3 is 0 Å². The summed E-state index contributed by atoms with van der Waals surface area (Å²) in [6.07, 6.45) is 8.26. The summed E-state index contributed by atoms with van der Waals surface area (Å²) in [5.41, 5.74) is 3.90. The highest BCUT2D eigenvalue weighted by atomic mass is 16.2. The number of rotatable bonds is 6. The van der Waals surface area contributed by atoms with Crippen molar-refractivity contribution in [1.29, 1.82) is 0 Å². The van der Waals surface area contributed by atoms with Crippen molar-refractivity contribution in [3.05, 3.63) is 71.7 Å². The summed E-state index contributed by atoms with van der Waals surface area (Å²) in [6, 6.07) is 15.0. The minimum absolute atomic E-state index is 0.0162. The number of likely N-dealkylation sites (tertiary alicyclic amines) is 1. The number of nitrogens with zero attached hydrogens (tertiary/aromatic N) is 4. The van der Waals surface area contributed by atoms with Crippen molar-refractivity contribution >= 4 is 11.6 Å². The molecule has 5 heteroatoms. The van der Waals surface area contributed by atoms with Crippen LogP contribution in [0.5, 0.6) is 0 Å². The first-order chi connectivity index (χ1) is 14.1. The lowest BCUT2D eigenvalue weighted by Crippen LogP contribution is -2.48. The Balaban J connectivity index is 1.34. The van der Waals surface area contributed by atoms with Crippen LogP contribution in [0.15, 0.2) is 54.9 Å². The number of amides is 1. The van der Waals surface area contributed by atoms with E-state index in [2.05, 4.69) is 40.2 Å². The van der Waals surface area contributed by atoms with Crippen molar-refractivity contribution in [2.75, 3.05) is 26.7 Å². The Hall–Kier alpha value is -2.66. The molecule has 0 spiro atoms. The van der Waals surface area contributed by atoms with E-state index in [0.29, 0.717) is 5.69 Å². The molecule has 3 aromatic rings. The molecule has 4 rings (SSSR count). The highest BCUT2D eigenvalue weighted by Crippen LogP contribution is 2.18. The van der Waals surface area contributed by atoms with Crippen molar-refractivity contribution in [2.24, 2.45) is 0 Å². The van der Waals surface area contributed by atoms with Crippen LogP contribution in [-0.4, -0.2) is 57.8 Å². The van der Waals surface area contributed by atoms with E-state index in [1.165, 1.54) is 5.56 Å². The zero-order chi connectivity index (χ0) is 20.2. The number of hydrogen-bond acceptors (Lipinski definition) is 3. The van der Waals surface area contributed by atoms with Gasteiger partial charge in [0.05, 0.1) is 0 Å². The first-order valence-corrected chi connectivity index (χ1v) is 10.6. The minimum Gasteiger partial charge on any atom is -0.336 e. The molecule has 0 unspecified atom stereocenters. The molecule has 3 heterocycles. The number of piperidine rings is 1. The maximum Gasteiger partial charge on any atom is 0.274 e. The highest BCUT2D eigenvalue weighted by Gasteiger charge is 2.27. The number of benzene rings is 1. The van der Waals surface area contributed by atoms with Gasteiger partial charge in [-0.05, 0) is 69.0 Å². The van der Waals surface area contributed by atoms with Crippen LogP contribution >= 0.6 is 0 Å². The van der Waals surface area contributed by atoms with Gasteiger partial charge in [-0.3, -0.25) is 4.79 Å². The van der Waals surface area contributed by atoms with Crippen LogP contribution < -0.4 is 0 Å². The molecule has 1 aliphatic heterocycles. The van der Waals surface area contributed by atoms with E-state index in [-0.39, 0.29) is 11.9 Å². The normalized spacial score (nSPS) is 17.5. The highest BCUT2D eigenvalue weighted by molar-refractivity contribution is 5.93. The van der Waals surface area contributed by atoms with Gasteiger partial charge in [0.1, 0.15) is 11.3 Å². The molecule has 0 aliphatic carbocycles. The summed E-state index contributed by atoms with van der Waals surface area (Å²) in [5.74, 6) is 0.0162. The summed E-state index contributed by atoms with van der Waals surface area (Å²) in [5, 5.41) is 0. The van der Waals surface area contributed by atoms with Crippen molar-refractivity contribution in [2.45, 2.75) is 38.6 Å². The molecule has 0 N–H and O–H groups in total. The zero-order valence-electron chi connectivity index (χ0n) is 17.4. The van der Waals surface area contributed by atoms with Crippen LogP contribution in [0.3, 0.4) is 0 Å². The molecule has 2 aromatic heterocycles. The Labute approximate surface area is 173 Å². The third-order valence-electron chi connectivity index (χ3n) is 5.97. The molecule has 0 radical (unpaired) electrons. The summed E-state index contributed by atoms with van der Waals surface area (Å²) in [6.45, 7) is 5.20. The number of imidazole rings is 1. The number of hydrogen-bond donors (Lipinski definition) is 0. The molecule has 5 nitrogen and oxygen atoms in total. The lowest BCUT2D eigenvalue weighted by molar-refractivity contribution is 0.0612. The molecule has 1 amide bonds. The quantitative estimate of drug-likeness (QED) is 0.643. The van der Waals surface area contributed by atoms with Gasteiger partial charge < -0.3 is 14.2 Å². The van der Waals surface area contributed by atoms with Crippen molar-refractivity contribution in [1.82, 2.24) is 19.2 Å². The maximum atomic E-state index is 13.0. The summed E-state index contributed by atoms with van der Waals surface area (Å²) in [4.78, 5) is 22.0. The second-order valence-corrected chi connectivity index (χ2v) is 8.20. The number of fused-ring (bicyclic) bond motifs is 1. The Bertz CT molecular complexity index is 965. The third-order valence-corrected chi connectivity index (χ3v) is 5.97. The summed E-state index contributed by atoms with van der Waals surface area (Å²) < 4.78 is 1.92. The molecule has 1 aliphatic rings. The molecule has 1 atom stereocenters. The average Bonchev–Trinajstić information content (AvgIpc) is 3.17. The van der Waals surface area contributed by atoms with Gasteiger partial charge in [0, 0.05) is 32.0 Å². The van der Waals surface area contributed by atoms with Crippen LogP contribution in [0, 0.1) is 6.92 Å². The average molecular weight is 391 g/mol. The van der Waals surface area contributed by atoms with Gasteiger partial charge in [-0.15, -0.1) is 0 Å². The van der Waals surface area contributed by atoms with Crippen LogP contribution in [0.4, 0.5) is 0 Å². The lowest BCUT2D eigenvalue weighted by Gasteiger charge is -2.37. The first-order valence-electron chi connectivity index (χ1n) is 10.6. The topological polar surface area (TPSA) is 40.9 Å². The number of aryl methyl sites for hydroxylation is 2. The fraction of sp³-hybridized carbons (Fsp3) is 0.417. The van der Waals surface area contributed by atoms with Gasteiger partial charge in [-0.2, -0.15) is 0 Å². The molecular formula is C24H30N4O. The summed E-state index contributed by atoms with van der Waals surface area (Å²) in [7, 11) is 1.93. The van der Waals surface area contributed by atoms with Gasteiger partial charge in [-0.25, -0.2) is 4.98 Å². The van der Waals surface area contributed by atoms with E-state index in [4.69, 9.17) is 0 Å². The van der Waals surface area contributed by atoms with Crippen molar-refractivity contribution in [3.63, 3.8) is 0 Å². The Morgan fingerprint density at radius 2 is 2.07 bits per heavy atom. The largest absolute Gasteiger partial charge is 0.336 e. The first kappa shape index (κ1) is 19.6. The van der Waals surface area contributed by atoms with Crippen molar-refractivity contribution < 1.29 is 4.79 Å². The van der Waals surface area contributed by atoms with Gasteiger partial charge in [0.25, 0.3) is 5.91 Å². The number of carbonyl (C=O) groups excluding carboxylic acids is 1. The number of pyridine rings is 1. The molecule has 0 saturated carbocycles. The second-order valence-electron chi connectivity index (χ2n) is 8.20. The number of likely N-dealkylation sites (N-methyl/N-ethyl adjacent to an activating group) is 1. The van der Waals surface area contributed by atoms with Crippen LogP contribution in [-0.2, 0) is 6.42 Å². The number of aromatic nitrogens is 2. The van der Waals surface area contributed by atoms with Crippen LogP contribution in [0.1, 0.15) is 40.9 Å². The van der Waals surface area contributed by atoms with Gasteiger partial charge in [-0.1, -0.05) is 30.3 Å². The van der Waals surface area contributed by atoms with E-state index in [9.17, 15) is 4.79 Å². The third kappa shape index (κ3) is 4.67. The molecule has 1 aromatic carbocycles. The fourth-order valence-electron chi connectivity index (χ4n) is 4.24. The standard InChI is InChI=1S/C24H30N4O/c1-19-12-15-28-18-22(25-23(28)16-19)24(29)26(2)21-11-7-14-27(17-21)13-6-10-20-8-4-3-5-9-20/h3-5,8-9,12,15-16,18,21H,6-7,10-11,13-14,17H2,1-2H3/t21-/m1/s1. The van der Waals surface area contributed by atoms with Gasteiger partial charge in [0.2, 0.25) is 0 Å². The predicted octanol–water partition coefficient (Wildman–Crippen LogP) is 3.81. The Morgan fingerprint density at radius 3 is 2.90 bits per heavy atom. The van der Waals surface area contributed by atoms with Crippen molar-refractivity contribution in [3.8, 4) is 0 Å². The van der Waals surface area contributed by atoms with E-state index in [1.807, 2.05) is 47.8 Å². The van der Waals surface area contributed by atoms with Crippen LogP contribution in [0.25, 0.3) is 5.65 Å². The molecule has 1 fully saturated rings. The fourth-order valence-corrected chi connectivity index (χ4v) is 4.24. The molecule has 1 saturated heterocycles. The SMILES string of the molecule is Cc1ccn2cc(C(=O)N(C)[C@@H]3CCCN(CCCc4ccccc4)C3)nc2c1. The van der Waals surface area contributed by atoms with E-state index < -0.39 is 0 Å². The molecule has 0 bridgehead atoms. The van der Waals surface area contributed by atoms with Gasteiger partial charge in [0.15, 0.2) is 0 Å². The van der Waals surface area contributed by atoms with E-state index >= 15 is 0 Å². The monoisotopic (exact) mass is 390 g/mol. The van der Waals surface area contributed by atoms with E-state index in [0.717, 1.165) is 56.5 Å². The zero-order valence-corrected chi connectivity index (χ0v) is 17.4. The predicted molar refractivity (Wildman–Crippen MR) is 116 cm³/mol. The Kier molecular flexibility index (Phi) is 5.95. The molecule has 152 valence electrons. The smallest absolute Gasteiger partial charge is 0.274 e. The Morgan fingerprint density at radius 1 is 1.24 bits per heavy atom. The minimum atomic E-state index is 0.0162. The van der Waals surface area contributed by atoms with Crippen LogP contribution in [0.2, 0.25) is 0 Å². The molecule has 29 heavy (non-hydrogen) atoms. The lowest BCUT2D eigenvalue weighted by atomic mass is 10.0. The molecular weight excluding hydrogens is 360 g/mol.